The van der Waals surface area contributed by atoms with Crippen molar-refractivity contribution < 1.29 is 9.53 Å². The Morgan fingerprint density at radius 3 is 2.52 bits per heavy atom. The molecule has 0 unspecified atom stereocenters. The molecule has 0 saturated carbocycles. The van der Waals surface area contributed by atoms with Crippen LogP contribution in [0.2, 0.25) is 10.0 Å². The average molecular weight is 472 g/mol. The molecule has 1 aliphatic heterocycles. The van der Waals surface area contributed by atoms with Crippen LogP contribution in [0.3, 0.4) is 0 Å². The molecule has 1 saturated heterocycles. The molecule has 0 aliphatic carbocycles. The van der Waals surface area contributed by atoms with Crippen LogP contribution in [-0.4, -0.2) is 54.2 Å². The number of carbonyl (C=O) groups excluding carboxylic acids is 1. The van der Waals surface area contributed by atoms with Crippen LogP contribution in [0, 0.1) is 13.8 Å². The van der Waals surface area contributed by atoms with Crippen LogP contribution in [0.5, 0.6) is 0 Å². The van der Waals surface area contributed by atoms with E-state index in [1.165, 1.54) is 18.4 Å². The number of anilines is 1. The van der Waals surface area contributed by atoms with E-state index in [1.54, 1.807) is 0 Å². The number of benzene rings is 1. The van der Waals surface area contributed by atoms with Crippen LogP contribution >= 0.6 is 46.8 Å². The second-order valence-electron chi connectivity index (χ2n) is 6.92. The van der Waals surface area contributed by atoms with E-state index in [2.05, 4.69) is 15.1 Å². The van der Waals surface area contributed by atoms with E-state index < -0.39 is 0 Å². The monoisotopic (exact) mass is 471 g/mol. The summed E-state index contributed by atoms with van der Waals surface area (Å²) in [5.74, 6) is -0.344. The molecule has 1 aliphatic rings. The van der Waals surface area contributed by atoms with E-state index >= 15 is 0 Å². The molecule has 1 aromatic heterocycles. The molecule has 0 radical (unpaired) electrons. The topological polar surface area (TPSA) is 44.8 Å². The number of carbonyl (C=O) groups is 1. The molecule has 1 fully saturated rings. The molecule has 29 heavy (non-hydrogen) atoms. The van der Waals surface area contributed by atoms with Crippen LogP contribution in [0.4, 0.5) is 5.00 Å². The Kier molecular flexibility index (Phi) is 7.40. The minimum absolute atomic E-state index is 0.344. The van der Waals surface area contributed by atoms with Gasteiger partial charge in [0, 0.05) is 37.6 Å². The molecule has 0 bridgehead atoms. The van der Waals surface area contributed by atoms with Crippen molar-refractivity contribution in [3.63, 3.8) is 0 Å². The number of halogens is 2. The number of piperazine rings is 1. The molecule has 2 aromatic rings. The van der Waals surface area contributed by atoms with Crippen LogP contribution in [0.15, 0.2) is 18.2 Å². The second-order valence-corrected chi connectivity index (χ2v) is 9.35. The number of methoxy groups -OCH3 is 1. The molecular formula is C20H23Cl2N3O2S2. The first-order valence-electron chi connectivity index (χ1n) is 9.20. The summed E-state index contributed by atoms with van der Waals surface area (Å²) in [6.07, 6.45) is 0. The molecule has 0 amide bonds. The minimum atomic E-state index is -0.344. The Hall–Kier alpha value is -1.38. The first-order chi connectivity index (χ1) is 13.8. The van der Waals surface area contributed by atoms with Crippen LogP contribution in [0.1, 0.15) is 26.4 Å². The highest BCUT2D eigenvalue weighted by atomic mass is 35.5. The number of thiophene rings is 1. The molecule has 156 valence electrons. The van der Waals surface area contributed by atoms with Gasteiger partial charge < -0.3 is 15.0 Å². The van der Waals surface area contributed by atoms with Gasteiger partial charge in [0.2, 0.25) is 0 Å². The smallest absolute Gasteiger partial charge is 0.341 e. The lowest BCUT2D eigenvalue weighted by atomic mass is 10.1. The predicted molar refractivity (Wildman–Crippen MR) is 125 cm³/mol. The Bertz CT molecular complexity index is 925. The summed E-state index contributed by atoms with van der Waals surface area (Å²) >= 11 is 19.2. The van der Waals surface area contributed by atoms with Gasteiger partial charge in [-0.1, -0.05) is 29.3 Å². The van der Waals surface area contributed by atoms with Gasteiger partial charge in [0.05, 0.1) is 22.7 Å². The van der Waals surface area contributed by atoms with Crippen molar-refractivity contribution in [2.45, 2.75) is 20.4 Å². The molecule has 2 heterocycles. The molecule has 0 spiro atoms. The lowest BCUT2D eigenvalue weighted by Gasteiger charge is -2.36. The van der Waals surface area contributed by atoms with E-state index in [0.717, 1.165) is 53.7 Å². The van der Waals surface area contributed by atoms with E-state index in [-0.39, 0.29) is 5.97 Å². The number of esters is 1. The van der Waals surface area contributed by atoms with Crippen LogP contribution in [0.25, 0.3) is 0 Å². The summed E-state index contributed by atoms with van der Waals surface area (Å²) in [5, 5.41) is 5.79. The van der Waals surface area contributed by atoms with E-state index in [0.29, 0.717) is 20.7 Å². The molecule has 5 nitrogen and oxygen atoms in total. The maximum atomic E-state index is 12.2. The highest BCUT2D eigenvalue weighted by Gasteiger charge is 2.24. The lowest BCUT2D eigenvalue weighted by Crippen LogP contribution is -2.49. The summed E-state index contributed by atoms with van der Waals surface area (Å²) < 4.78 is 4.93. The van der Waals surface area contributed by atoms with Gasteiger partial charge in [-0.3, -0.25) is 4.90 Å². The van der Waals surface area contributed by atoms with Gasteiger partial charge in [-0.25, -0.2) is 4.79 Å². The lowest BCUT2D eigenvalue weighted by molar-refractivity contribution is 0.0601. The highest BCUT2D eigenvalue weighted by Crippen LogP contribution is 2.33. The van der Waals surface area contributed by atoms with Crippen molar-refractivity contribution in [2.24, 2.45) is 0 Å². The van der Waals surface area contributed by atoms with Gasteiger partial charge in [0.25, 0.3) is 0 Å². The van der Waals surface area contributed by atoms with E-state index in [9.17, 15) is 4.79 Å². The summed E-state index contributed by atoms with van der Waals surface area (Å²) in [6.45, 7) is 8.12. The third-order valence-corrected chi connectivity index (χ3v) is 7.27. The number of hydrogen-bond acceptors (Lipinski definition) is 5. The fraction of sp³-hybridized carbons (Fsp3) is 0.400. The number of thiocarbonyl (C=S) groups is 1. The maximum absolute atomic E-state index is 12.2. The van der Waals surface area contributed by atoms with Gasteiger partial charge in [0.15, 0.2) is 5.11 Å². The van der Waals surface area contributed by atoms with Gasteiger partial charge >= 0.3 is 5.97 Å². The zero-order valence-electron chi connectivity index (χ0n) is 16.6. The maximum Gasteiger partial charge on any atom is 0.341 e. The molecular weight excluding hydrogens is 449 g/mol. The van der Waals surface area contributed by atoms with Crippen molar-refractivity contribution in [3.8, 4) is 0 Å². The van der Waals surface area contributed by atoms with Crippen molar-refractivity contribution in [1.29, 1.82) is 0 Å². The fourth-order valence-corrected chi connectivity index (χ4v) is 4.96. The van der Waals surface area contributed by atoms with Crippen molar-refractivity contribution in [3.05, 3.63) is 49.8 Å². The van der Waals surface area contributed by atoms with Gasteiger partial charge in [0.1, 0.15) is 5.00 Å². The minimum Gasteiger partial charge on any atom is -0.465 e. The van der Waals surface area contributed by atoms with E-state index in [4.69, 9.17) is 40.2 Å². The first kappa shape index (κ1) is 22.3. The molecule has 3 rings (SSSR count). The van der Waals surface area contributed by atoms with Crippen molar-refractivity contribution >= 4 is 62.8 Å². The molecule has 1 N–H and O–H groups in total. The Morgan fingerprint density at radius 2 is 1.90 bits per heavy atom. The number of rotatable bonds is 4. The first-order valence-corrected chi connectivity index (χ1v) is 11.2. The quantitative estimate of drug-likeness (QED) is 0.501. The number of hydrogen-bond donors (Lipinski definition) is 1. The predicted octanol–water partition coefficient (Wildman–Crippen LogP) is 4.97. The van der Waals surface area contributed by atoms with Crippen LogP contribution in [-0.2, 0) is 11.3 Å². The molecule has 0 atom stereocenters. The third-order valence-electron chi connectivity index (χ3n) is 5.04. The molecule has 9 heteroatoms. The van der Waals surface area contributed by atoms with E-state index in [1.807, 2.05) is 32.0 Å². The zero-order valence-corrected chi connectivity index (χ0v) is 19.7. The fourth-order valence-electron chi connectivity index (χ4n) is 3.24. The summed E-state index contributed by atoms with van der Waals surface area (Å²) in [5.41, 5.74) is 2.63. The van der Waals surface area contributed by atoms with Gasteiger partial charge in [-0.2, -0.15) is 0 Å². The Morgan fingerprint density at radius 1 is 1.21 bits per heavy atom. The Balaban J connectivity index is 1.59. The Labute approximate surface area is 190 Å². The zero-order chi connectivity index (χ0) is 21.1. The number of nitrogens with zero attached hydrogens (tertiary/aromatic N) is 2. The summed E-state index contributed by atoms with van der Waals surface area (Å²) in [4.78, 5) is 17.7. The standard InChI is InChI=1S/C20H23Cl2N3O2S2/c1-12-13(2)29-18(17(12)19(26)27-3)23-20(28)25-8-6-24(7-9-25)11-14-4-5-15(21)16(22)10-14/h4-5,10H,6-9,11H2,1-3H3,(H,23,28). The normalized spacial score (nSPS) is 14.7. The average Bonchev–Trinajstić information content (AvgIpc) is 2.98. The summed E-state index contributed by atoms with van der Waals surface area (Å²) in [6, 6.07) is 5.75. The number of aryl methyl sites for hydroxylation is 1. The van der Waals surface area contributed by atoms with Gasteiger partial charge in [-0.05, 0) is 49.3 Å². The number of ether oxygens (including phenoxy) is 1. The van der Waals surface area contributed by atoms with Crippen molar-refractivity contribution in [1.82, 2.24) is 9.80 Å². The van der Waals surface area contributed by atoms with Gasteiger partial charge in [-0.15, -0.1) is 11.3 Å². The van der Waals surface area contributed by atoms with Crippen molar-refractivity contribution in [2.75, 3.05) is 38.6 Å². The molecule has 1 aromatic carbocycles. The third kappa shape index (κ3) is 5.22. The van der Waals surface area contributed by atoms with Crippen LogP contribution < -0.4 is 5.32 Å². The highest BCUT2D eigenvalue weighted by molar-refractivity contribution is 7.80. The second kappa shape index (κ2) is 9.62. The SMILES string of the molecule is COC(=O)c1c(NC(=S)N2CCN(Cc3ccc(Cl)c(Cl)c3)CC2)sc(C)c1C. The summed E-state index contributed by atoms with van der Waals surface area (Å²) in [7, 11) is 1.39. The number of nitrogens with one attached hydrogen (secondary N) is 1. The largest absolute Gasteiger partial charge is 0.465 e.